The molecule has 0 spiro atoms. The number of rotatable bonds is 11. The zero-order valence-electron chi connectivity index (χ0n) is 20.7. The van der Waals surface area contributed by atoms with Crippen molar-refractivity contribution in [3.63, 3.8) is 0 Å². The molecule has 4 aromatic rings. The van der Waals surface area contributed by atoms with Crippen LogP contribution in [0.5, 0.6) is 17.2 Å². The Labute approximate surface area is 223 Å². The number of fused-ring (bicyclic) bond motifs is 1. The van der Waals surface area contributed by atoms with Crippen LogP contribution in [0, 0.1) is 0 Å². The lowest BCUT2D eigenvalue weighted by atomic mass is 10.1. The number of benzene rings is 3. The maximum absolute atomic E-state index is 12.5. The van der Waals surface area contributed by atoms with E-state index in [0.717, 1.165) is 5.39 Å². The van der Waals surface area contributed by atoms with Gasteiger partial charge in [-0.25, -0.2) is 10.2 Å². The minimum absolute atomic E-state index is 0.0912. The van der Waals surface area contributed by atoms with Crippen molar-refractivity contribution < 1.29 is 33.3 Å². The van der Waals surface area contributed by atoms with Gasteiger partial charge in [-0.05, 0) is 73.5 Å². The van der Waals surface area contributed by atoms with Crippen molar-refractivity contribution >= 4 is 40.7 Å². The molecule has 2 N–H and O–H groups in total. The quantitative estimate of drug-likeness (QED) is 0.180. The summed E-state index contributed by atoms with van der Waals surface area (Å²) in [5.41, 5.74) is 4.38. The first-order chi connectivity index (χ1) is 18.4. The molecule has 10 heteroatoms. The number of carboxylic acids is 1. The molecule has 0 bridgehead atoms. The molecule has 1 aromatic heterocycles. The van der Waals surface area contributed by atoms with E-state index in [9.17, 15) is 14.7 Å². The molecule has 0 saturated heterocycles. The van der Waals surface area contributed by atoms with E-state index in [1.165, 1.54) is 18.3 Å². The van der Waals surface area contributed by atoms with Gasteiger partial charge in [0.2, 0.25) is 0 Å². The highest BCUT2D eigenvalue weighted by Gasteiger charge is 2.15. The number of carboxylic acid groups (broad SMARTS) is 1. The van der Waals surface area contributed by atoms with Gasteiger partial charge in [0.05, 0.1) is 30.0 Å². The standard InChI is InChI=1S/C28H25ClN2O7/c1-3-35-21-8-9-23-20(13-21)14-25(38-23)27(32)31-30-15-18-11-22(29)26(24(12-18)36-4-2)37-16-17-6-5-7-19(10-17)28(33)34/h5-15H,3-4,16H2,1-2H3,(H,31,32)(H,33,34)/b30-15+. The molecule has 196 valence electrons. The number of nitrogens with one attached hydrogen (secondary N) is 1. The Morgan fingerprint density at radius 2 is 1.84 bits per heavy atom. The number of carbonyl (C=O) groups is 2. The van der Waals surface area contributed by atoms with Crippen molar-refractivity contribution in [3.05, 3.63) is 88.1 Å². The van der Waals surface area contributed by atoms with Gasteiger partial charge in [0.25, 0.3) is 0 Å². The fourth-order valence-corrected chi connectivity index (χ4v) is 3.90. The summed E-state index contributed by atoms with van der Waals surface area (Å²) in [4.78, 5) is 23.7. The summed E-state index contributed by atoms with van der Waals surface area (Å²) >= 11 is 6.46. The van der Waals surface area contributed by atoms with Crippen LogP contribution in [0.4, 0.5) is 0 Å². The topological polar surface area (TPSA) is 120 Å². The molecule has 0 saturated carbocycles. The fraction of sp³-hybridized carbons (Fsp3) is 0.179. The van der Waals surface area contributed by atoms with Gasteiger partial charge < -0.3 is 23.7 Å². The second-order valence-corrected chi connectivity index (χ2v) is 8.41. The zero-order chi connectivity index (χ0) is 27.1. The third-order valence-electron chi connectivity index (χ3n) is 5.29. The van der Waals surface area contributed by atoms with Crippen LogP contribution in [0.1, 0.15) is 45.9 Å². The number of hydrazone groups is 1. The van der Waals surface area contributed by atoms with E-state index >= 15 is 0 Å². The van der Waals surface area contributed by atoms with Gasteiger partial charge in [-0.1, -0.05) is 23.7 Å². The second kappa shape index (κ2) is 12.2. The van der Waals surface area contributed by atoms with Gasteiger partial charge >= 0.3 is 11.9 Å². The van der Waals surface area contributed by atoms with Gasteiger partial charge in [0.15, 0.2) is 17.3 Å². The van der Waals surface area contributed by atoms with Crippen molar-refractivity contribution in [3.8, 4) is 17.2 Å². The summed E-state index contributed by atoms with van der Waals surface area (Å²) in [6.45, 7) is 4.70. The maximum atomic E-state index is 12.5. The minimum Gasteiger partial charge on any atom is -0.494 e. The van der Waals surface area contributed by atoms with E-state index in [0.29, 0.717) is 47.2 Å². The summed E-state index contributed by atoms with van der Waals surface area (Å²) in [6.07, 6.45) is 1.42. The van der Waals surface area contributed by atoms with Crippen molar-refractivity contribution in [1.82, 2.24) is 5.43 Å². The monoisotopic (exact) mass is 536 g/mol. The van der Waals surface area contributed by atoms with E-state index in [1.54, 1.807) is 48.5 Å². The SMILES string of the molecule is CCOc1ccc2oc(C(=O)N/N=C/c3cc(Cl)c(OCc4cccc(C(=O)O)c4)c(OCC)c3)cc2c1. The number of aromatic carboxylic acids is 1. The number of ether oxygens (including phenoxy) is 3. The third kappa shape index (κ3) is 6.43. The van der Waals surface area contributed by atoms with Crippen LogP contribution in [0.25, 0.3) is 11.0 Å². The summed E-state index contributed by atoms with van der Waals surface area (Å²) < 4.78 is 22.6. The number of nitrogens with zero attached hydrogens (tertiary/aromatic N) is 1. The Morgan fingerprint density at radius 1 is 1.03 bits per heavy atom. The van der Waals surface area contributed by atoms with Gasteiger partial charge in [0.1, 0.15) is 17.9 Å². The van der Waals surface area contributed by atoms with E-state index in [2.05, 4.69) is 10.5 Å². The Kier molecular flexibility index (Phi) is 8.50. The molecule has 3 aromatic carbocycles. The lowest BCUT2D eigenvalue weighted by Gasteiger charge is -2.14. The van der Waals surface area contributed by atoms with Crippen LogP contribution in [0.3, 0.4) is 0 Å². The Hall–Kier alpha value is -4.50. The highest BCUT2D eigenvalue weighted by atomic mass is 35.5. The summed E-state index contributed by atoms with van der Waals surface area (Å²) in [5.74, 6) is -0.0565. The molecule has 9 nitrogen and oxygen atoms in total. The molecule has 4 rings (SSSR count). The van der Waals surface area contributed by atoms with E-state index < -0.39 is 11.9 Å². The lowest BCUT2D eigenvalue weighted by molar-refractivity contribution is 0.0696. The molecule has 0 fully saturated rings. The average molecular weight is 537 g/mol. The zero-order valence-corrected chi connectivity index (χ0v) is 21.4. The van der Waals surface area contributed by atoms with E-state index in [-0.39, 0.29) is 23.0 Å². The summed E-state index contributed by atoms with van der Waals surface area (Å²) in [7, 11) is 0. The molecule has 0 aliphatic rings. The van der Waals surface area contributed by atoms with Crippen LogP contribution < -0.4 is 19.6 Å². The predicted molar refractivity (Wildman–Crippen MR) is 143 cm³/mol. The fourth-order valence-electron chi connectivity index (χ4n) is 3.63. The third-order valence-corrected chi connectivity index (χ3v) is 5.57. The van der Waals surface area contributed by atoms with Crippen molar-refractivity contribution in [2.45, 2.75) is 20.5 Å². The normalized spacial score (nSPS) is 11.0. The van der Waals surface area contributed by atoms with Gasteiger partial charge in [-0.3, -0.25) is 4.79 Å². The van der Waals surface area contributed by atoms with Crippen molar-refractivity contribution in [1.29, 1.82) is 0 Å². The predicted octanol–water partition coefficient (Wildman–Crippen LogP) is 5.92. The molecule has 1 amide bonds. The average Bonchev–Trinajstić information content (AvgIpc) is 3.32. The Balaban J connectivity index is 1.45. The van der Waals surface area contributed by atoms with Gasteiger partial charge in [0, 0.05) is 5.39 Å². The first-order valence-electron chi connectivity index (χ1n) is 11.8. The molecule has 1 heterocycles. The van der Waals surface area contributed by atoms with Crippen LogP contribution in [-0.2, 0) is 6.61 Å². The van der Waals surface area contributed by atoms with Crippen molar-refractivity contribution in [2.75, 3.05) is 13.2 Å². The molecule has 38 heavy (non-hydrogen) atoms. The number of carbonyl (C=O) groups excluding carboxylic acids is 1. The molecule has 0 atom stereocenters. The highest BCUT2D eigenvalue weighted by Crippen LogP contribution is 2.37. The first-order valence-corrected chi connectivity index (χ1v) is 12.2. The van der Waals surface area contributed by atoms with Crippen LogP contribution >= 0.6 is 11.6 Å². The van der Waals surface area contributed by atoms with Crippen LogP contribution in [0.2, 0.25) is 5.02 Å². The first kappa shape index (κ1) is 26.6. The van der Waals surface area contributed by atoms with Crippen LogP contribution in [-0.4, -0.2) is 36.4 Å². The molecule has 0 aliphatic heterocycles. The largest absolute Gasteiger partial charge is 0.494 e. The van der Waals surface area contributed by atoms with Crippen LogP contribution in [0.15, 0.2) is 70.2 Å². The molecule has 0 aliphatic carbocycles. The van der Waals surface area contributed by atoms with E-state index in [1.807, 2.05) is 13.8 Å². The summed E-state index contributed by atoms with van der Waals surface area (Å²) in [5, 5.41) is 14.2. The van der Waals surface area contributed by atoms with Gasteiger partial charge in [-0.15, -0.1) is 0 Å². The molecule has 0 unspecified atom stereocenters. The summed E-state index contributed by atoms with van der Waals surface area (Å²) in [6, 6.07) is 16.6. The Bertz CT molecular complexity index is 1500. The number of halogens is 1. The molecular weight excluding hydrogens is 512 g/mol. The Morgan fingerprint density at radius 3 is 2.61 bits per heavy atom. The molecule has 0 radical (unpaired) electrons. The highest BCUT2D eigenvalue weighted by molar-refractivity contribution is 6.32. The second-order valence-electron chi connectivity index (χ2n) is 8.00. The van der Waals surface area contributed by atoms with Gasteiger partial charge in [-0.2, -0.15) is 5.10 Å². The minimum atomic E-state index is -1.02. The smallest absolute Gasteiger partial charge is 0.335 e. The number of furan rings is 1. The number of hydrogen-bond acceptors (Lipinski definition) is 7. The van der Waals surface area contributed by atoms with Crippen molar-refractivity contribution in [2.24, 2.45) is 5.10 Å². The molecular formula is C28H25ClN2O7. The maximum Gasteiger partial charge on any atom is 0.335 e. The number of hydrogen-bond donors (Lipinski definition) is 2. The lowest BCUT2D eigenvalue weighted by Crippen LogP contribution is -2.16. The number of amides is 1. The van der Waals surface area contributed by atoms with E-state index in [4.69, 9.17) is 30.2 Å².